The third kappa shape index (κ3) is 3.38. The predicted molar refractivity (Wildman–Crippen MR) is 75.7 cm³/mol. The number of hydrogen-bond acceptors (Lipinski definition) is 6. The van der Waals surface area contributed by atoms with Crippen LogP contribution < -0.4 is 16.6 Å². The van der Waals surface area contributed by atoms with Gasteiger partial charge in [0.2, 0.25) is 0 Å². The van der Waals surface area contributed by atoms with Gasteiger partial charge in [0, 0.05) is 30.4 Å². The highest BCUT2D eigenvalue weighted by atomic mass is 15.3. The number of aromatic nitrogens is 3. The smallest absolute Gasteiger partial charge is 0.148 e. The average Bonchev–Trinajstić information content (AvgIpc) is 2.48. The maximum Gasteiger partial charge on any atom is 0.148 e. The summed E-state index contributed by atoms with van der Waals surface area (Å²) in [6.45, 7) is 2.81. The monoisotopic (exact) mass is 258 g/mol. The third-order valence-electron chi connectivity index (χ3n) is 2.84. The van der Waals surface area contributed by atoms with Crippen molar-refractivity contribution in [1.82, 2.24) is 15.0 Å². The molecule has 0 spiro atoms. The first-order valence-electron chi connectivity index (χ1n) is 6.29. The fourth-order valence-corrected chi connectivity index (χ4v) is 1.88. The van der Waals surface area contributed by atoms with E-state index in [4.69, 9.17) is 5.84 Å². The highest BCUT2D eigenvalue weighted by molar-refractivity contribution is 5.56. The second-order valence-corrected chi connectivity index (χ2v) is 4.05. The van der Waals surface area contributed by atoms with Gasteiger partial charge in [-0.1, -0.05) is 13.0 Å². The number of nitrogens with two attached hydrogens (primary N) is 1. The molecule has 2 aromatic rings. The van der Waals surface area contributed by atoms with Crippen LogP contribution in [0.25, 0.3) is 0 Å². The molecular weight excluding hydrogens is 240 g/mol. The molecule has 6 heteroatoms. The molecule has 0 unspecified atom stereocenters. The maximum absolute atomic E-state index is 5.44. The molecule has 0 saturated heterocycles. The zero-order valence-electron chi connectivity index (χ0n) is 10.9. The molecule has 0 aliphatic rings. The number of nitrogen functional groups attached to an aromatic ring is 1. The zero-order valence-corrected chi connectivity index (χ0v) is 10.9. The Labute approximate surface area is 112 Å². The fraction of sp³-hybridized carbons (Fsp3) is 0.308. The van der Waals surface area contributed by atoms with Gasteiger partial charge in [0.15, 0.2) is 0 Å². The third-order valence-corrected chi connectivity index (χ3v) is 2.84. The normalized spacial score (nSPS) is 10.2. The van der Waals surface area contributed by atoms with Crippen LogP contribution in [0.15, 0.2) is 30.7 Å². The number of anilines is 2. The molecule has 2 aromatic heterocycles. The summed E-state index contributed by atoms with van der Waals surface area (Å²) in [5, 5.41) is 3.30. The number of nitrogens with zero attached hydrogens (tertiary/aromatic N) is 3. The van der Waals surface area contributed by atoms with Gasteiger partial charge in [-0.3, -0.25) is 4.98 Å². The van der Waals surface area contributed by atoms with Crippen LogP contribution in [0.5, 0.6) is 0 Å². The Balaban J connectivity index is 2.00. The van der Waals surface area contributed by atoms with Gasteiger partial charge in [-0.2, -0.15) is 0 Å². The molecule has 4 N–H and O–H groups in total. The van der Waals surface area contributed by atoms with E-state index in [1.165, 1.54) is 6.33 Å². The van der Waals surface area contributed by atoms with Crippen LogP contribution in [-0.4, -0.2) is 21.5 Å². The lowest BCUT2D eigenvalue weighted by atomic mass is 10.2. The van der Waals surface area contributed by atoms with Crippen molar-refractivity contribution < 1.29 is 0 Å². The summed E-state index contributed by atoms with van der Waals surface area (Å²) in [6.07, 6.45) is 4.96. The molecule has 0 bridgehead atoms. The van der Waals surface area contributed by atoms with Gasteiger partial charge in [0.05, 0.1) is 0 Å². The van der Waals surface area contributed by atoms with Gasteiger partial charge in [-0.25, -0.2) is 15.8 Å². The largest absolute Gasteiger partial charge is 0.369 e. The van der Waals surface area contributed by atoms with E-state index < -0.39 is 0 Å². The van der Waals surface area contributed by atoms with Crippen LogP contribution in [0.3, 0.4) is 0 Å². The van der Waals surface area contributed by atoms with Crippen molar-refractivity contribution in [3.63, 3.8) is 0 Å². The van der Waals surface area contributed by atoms with Crippen LogP contribution in [-0.2, 0) is 12.8 Å². The summed E-state index contributed by atoms with van der Waals surface area (Å²) >= 11 is 0. The van der Waals surface area contributed by atoms with E-state index in [0.717, 1.165) is 36.5 Å². The topological polar surface area (TPSA) is 88.8 Å². The first kappa shape index (κ1) is 13.2. The molecule has 0 fully saturated rings. The Morgan fingerprint density at radius 3 is 2.68 bits per heavy atom. The lowest BCUT2D eigenvalue weighted by Crippen LogP contribution is -2.15. The highest BCUT2D eigenvalue weighted by Gasteiger charge is 2.08. The molecule has 0 aliphatic heterocycles. The van der Waals surface area contributed by atoms with E-state index in [0.29, 0.717) is 5.82 Å². The van der Waals surface area contributed by atoms with Gasteiger partial charge in [-0.15, -0.1) is 0 Å². The average molecular weight is 258 g/mol. The van der Waals surface area contributed by atoms with Gasteiger partial charge in [-0.05, 0) is 18.6 Å². The number of hydrogen-bond donors (Lipinski definition) is 3. The van der Waals surface area contributed by atoms with Crippen LogP contribution in [0, 0.1) is 0 Å². The number of rotatable bonds is 6. The number of nitrogens with one attached hydrogen (secondary N) is 2. The molecule has 0 atom stereocenters. The minimum Gasteiger partial charge on any atom is -0.369 e. The van der Waals surface area contributed by atoms with E-state index in [1.807, 2.05) is 25.1 Å². The van der Waals surface area contributed by atoms with E-state index in [2.05, 4.69) is 25.7 Å². The van der Waals surface area contributed by atoms with E-state index in [9.17, 15) is 0 Å². The number of hydrazine groups is 1. The molecule has 100 valence electrons. The first-order chi connectivity index (χ1) is 9.35. The predicted octanol–water partition coefficient (Wildman–Crippen LogP) is 1.37. The Bertz CT molecular complexity index is 514. The van der Waals surface area contributed by atoms with Crippen LogP contribution >= 0.6 is 0 Å². The summed E-state index contributed by atoms with van der Waals surface area (Å²) in [7, 11) is 0. The summed E-state index contributed by atoms with van der Waals surface area (Å²) in [5.74, 6) is 6.92. The Morgan fingerprint density at radius 1 is 1.16 bits per heavy atom. The van der Waals surface area contributed by atoms with Crippen molar-refractivity contribution in [2.75, 3.05) is 17.3 Å². The molecule has 6 nitrogen and oxygen atoms in total. The summed E-state index contributed by atoms with van der Waals surface area (Å²) in [5.41, 5.74) is 4.64. The SMILES string of the molecule is CCc1c(NN)ncnc1NCCc1ccccn1. The molecule has 0 saturated carbocycles. The Morgan fingerprint density at radius 2 is 2.00 bits per heavy atom. The van der Waals surface area contributed by atoms with Gasteiger partial charge < -0.3 is 10.7 Å². The van der Waals surface area contributed by atoms with Crippen molar-refractivity contribution in [2.45, 2.75) is 19.8 Å². The maximum atomic E-state index is 5.44. The zero-order chi connectivity index (χ0) is 13.5. The Hall–Kier alpha value is -2.21. The van der Waals surface area contributed by atoms with Crippen molar-refractivity contribution >= 4 is 11.6 Å². The lowest BCUT2D eigenvalue weighted by molar-refractivity contribution is 0.938. The standard InChI is InChI=1S/C13H18N6/c1-2-11-12(17-9-18-13(11)19-14)16-8-6-10-5-3-4-7-15-10/h3-5,7,9H,2,6,8,14H2,1H3,(H2,16,17,18,19). The van der Waals surface area contributed by atoms with Crippen molar-refractivity contribution in [3.8, 4) is 0 Å². The second-order valence-electron chi connectivity index (χ2n) is 4.05. The molecule has 19 heavy (non-hydrogen) atoms. The van der Waals surface area contributed by atoms with Crippen molar-refractivity contribution in [3.05, 3.63) is 42.0 Å². The van der Waals surface area contributed by atoms with Crippen LogP contribution in [0.2, 0.25) is 0 Å². The summed E-state index contributed by atoms with van der Waals surface area (Å²) in [6, 6.07) is 5.91. The molecule has 2 heterocycles. The minimum absolute atomic E-state index is 0.665. The summed E-state index contributed by atoms with van der Waals surface area (Å²) in [4.78, 5) is 12.6. The Kier molecular flexibility index (Phi) is 4.63. The van der Waals surface area contributed by atoms with E-state index >= 15 is 0 Å². The van der Waals surface area contributed by atoms with Crippen LogP contribution in [0.1, 0.15) is 18.2 Å². The summed E-state index contributed by atoms with van der Waals surface area (Å²) < 4.78 is 0. The van der Waals surface area contributed by atoms with E-state index in [1.54, 1.807) is 6.20 Å². The van der Waals surface area contributed by atoms with E-state index in [-0.39, 0.29) is 0 Å². The van der Waals surface area contributed by atoms with Crippen molar-refractivity contribution in [2.24, 2.45) is 5.84 Å². The van der Waals surface area contributed by atoms with Crippen molar-refractivity contribution in [1.29, 1.82) is 0 Å². The molecule has 0 amide bonds. The van der Waals surface area contributed by atoms with Gasteiger partial charge in [0.25, 0.3) is 0 Å². The minimum atomic E-state index is 0.665. The highest BCUT2D eigenvalue weighted by Crippen LogP contribution is 2.19. The first-order valence-corrected chi connectivity index (χ1v) is 6.29. The molecule has 0 aromatic carbocycles. The molecule has 0 aliphatic carbocycles. The molecule has 2 rings (SSSR count). The number of pyridine rings is 1. The fourth-order valence-electron chi connectivity index (χ4n) is 1.88. The van der Waals surface area contributed by atoms with Gasteiger partial charge >= 0.3 is 0 Å². The lowest BCUT2D eigenvalue weighted by Gasteiger charge is -2.12. The quantitative estimate of drug-likeness (QED) is 0.536. The molecule has 0 radical (unpaired) electrons. The second kappa shape index (κ2) is 6.65. The molecular formula is C13H18N6. The van der Waals surface area contributed by atoms with Crippen LogP contribution in [0.4, 0.5) is 11.6 Å². The van der Waals surface area contributed by atoms with Gasteiger partial charge in [0.1, 0.15) is 18.0 Å².